The SMILES string of the molecule is CC1(C)CCN(C(C)(CN)Cc2ccc(F)cc2)CC1. The summed E-state index contributed by atoms with van der Waals surface area (Å²) in [6.45, 7) is 9.73. The molecule has 1 atom stereocenters. The fourth-order valence-electron chi connectivity index (χ4n) is 3.01. The maximum atomic E-state index is 13.0. The highest BCUT2D eigenvalue weighted by Gasteiger charge is 2.35. The number of nitrogens with two attached hydrogens (primary N) is 1. The lowest BCUT2D eigenvalue weighted by molar-refractivity contribution is 0.0430. The fourth-order valence-corrected chi connectivity index (χ4v) is 3.01. The van der Waals surface area contributed by atoms with E-state index in [4.69, 9.17) is 5.73 Å². The van der Waals surface area contributed by atoms with Crippen molar-refractivity contribution in [2.45, 2.75) is 45.6 Å². The van der Waals surface area contributed by atoms with Crippen LogP contribution in [0.15, 0.2) is 24.3 Å². The van der Waals surface area contributed by atoms with E-state index in [-0.39, 0.29) is 11.4 Å². The van der Waals surface area contributed by atoms with E-state index in [0.29, 0.717) is 12.0 Å². The van der Waals surface area contributed by atoms with Crippen LogP contribution < -0.4 is 5.73 Å². The lowest BCUT2D eigenvalue weighted by Gasteiger charge is -2.47. The Morgan fingerprint density at radius 1 is 1.20 bits per heavy atom. The van der Waals surface area contributed by atoms with Crippen LogP contribution in [0.5, 0.6) is 0 Å². The van der Waals surface area contributed by atoms with Gasteiger partial charge in [-0.05, 0) is 62.4 Å². The molecule has 1 fully saturated rings. The standard InChI is InChI=1S/C17H27FN2/c1-16(2)8-10-20(11-9-16)17(3,13-19)12-14-4-6-15(18)7-5-14/h4-7H,8-13,19H2,1-3H3. The summed E-state index contributed by atoms with van der Waals surface area (Å²) in [6, 6.07) is 6.81. The zero-order valence-electron chi connectivity index (χ0n) is 13.0. The number of rotatable bonds is 4. The van der Waals surface area contributed by atoms with Gasteiger partial charge in [0.05, 0.1) is 0 Å². The molecule has 2 rings (SSSR count). The third kappa shape index (κ3) is 3.58. The van der Waals surface area contributed by atoms with Crippen LogP contribution in [0.25, 0.3) is 0 Å². The third-order valence-corrected chi connectivity index (χ3v) is 4.82. The van der Waals surface area contributed by atoms with Gasteiger partial charge in [0.2, 0.25) is 0 Å². The summed E-state index contributed by atoms with van der Waals surface area (Å²) in [5.41, 5.74) is 7.64. The van der Waals surface area contributed by atoms with Crippen LogP contribution in [0.3, 0.4) is 0 Å². The molecule has 1 saturated heterocycles. The molecule has 2 nitrogen and oxygen atoms in total. The number of hydrogen-bond acceptors (Lipinski definition) is 2. The second-order valence-electron chi connectivity index (χ2n) is 7.16. The molecule has 112 valence electrons. The smallest absolute Gasteiger partial charge is 0.123 e. The zero-order chi connectivity index (χ0) is 14.8. The largest absolute Gasteiger partial charge is 0.329 e. The van der Waals surface area contributed by atoms with E-state index in [1.54, 1.807) is 0 Å². The predicted molar refractivity (Wildman–Crippen MR) is 82.2 cm³/mol. The average molecular weight is 278 g/mol. The maximum absolute atomic E-state index is 13.0. The molecule has 0 radical (unpaired) electrons. The van der Waals surface area contributed by atoms with Crippen molar-refractivity contribution < 1.29 is 4.39 Å². The van der Waals surface area contributed by atoms with Crippen molar-refractivity contribution in [2.75, 3.05) is 19.6 Å². The van der Waals surface area contributed by atoms with Crippen molar-refractivity contribution >= 4 is 0 Å². The van der Waals surface area contributed by atoms with Crippen LogP contribution in [0.4, 0.5) is 4.39 Å². The van der Waals surface area contributed by atoms with Gasteiger partial charge in [0.15, 0.2) is 0 Å². The number of piperidine rings is 1. The van der Waals surface area contributed by atoms with Crippen LogP contribution in [-0.4, -0.2) is 30.1 Å². The molecule has 1 aromatic rings. The van der Waals surface area contributed by atoms with E-state index < -0.39 is 0 Å². The van der Waals surface area contributed by atoms with Gasteiger partial charge in [-0.1, -0.05) is 26.0 Å². The molecule has 1 heterocycles. The van der Waals surface area contributed by atoms with Crippen molar-refractivity contribution in [1.82, 2.24) is 4.90 Å². The highest BCUT2D eigenvalue weighted by Crippen LogP contribution is 2.33. The summed E-state index contributed by atoms with van der Waals surface area (Å²) >= 11 is 0. The van der Waals surface area contributed by atoms with Crippen LogP contribution in [0.2, 0.25) is 0 Å². The molecule has 0 bridgehead atoms. The predicted octanol–water partition coefficient (Wildman–Crippen LogP) is 3.21. The Balaban J connectivity index is 2.07. The molecule has 1 aliphatic heterocycles. The monoisotopic (exact) mass is 278 g/mol. The van der Waals surface area contributed by atoms with Crippen molar-refractivity contribution in [3.8, 4) is 0 Å². The van der Waals surface area contributed by atoms with Gasteiger partial charge < -0.3 is 5.73 Å². The van der Waals surface area contributed by atoms with E-state index in [1.807, 2.05) is 12.1 Å². The quantitative estimate of drug-likeness (QED) is 0.916. The minimum Gasteiger partial charge on any atom is -0.329 e. The summed E-state index contributed by atoms with van der Waals surface area (Å²) in [5.74, 6) is -0.178. The Hall–Kier alpha value is -0.930. The minimum atomic E-state index is -0.178. The molecule has 1 unspecified atom stereocenters. The Morgan fingerprint density at radius 3 is 2.25 bits per heavy atom. The summed E-state index contributed by atoms with van der Waals surface area (Å²) in [5, 5.41) is 0. The van der Waals surface area contributed by atoms with Crippen molar-refractivity contribution in [3.05, 3.63) is 35.6 Å². The first-order valence-electron chi connectivity index (χ1n) is 7.54. The first-order chi connectivity index (χ1) is 9.35. The molecular weight excluding hydrogens is 251 g/mol. The van der Waals surface area contributed by atoms with Crippen LogP contribution in [0.1, 0.15) is 39.2 Å². The second-order valence-corrected chi connectivity index (χ2v) is 7.16. The molecular formula is C17H27FN2. The third-order valence-electron chi connectivity index (χ3n) is 4.82. The summed E-state index contributed by atoms with van der Waals surface area (Å²) in [7, 11) is 0. The van der Waals surface area contributed by atoms with Gasteiger partial charge in [0.25, 0.3) is 0 Å². The Kier molecular flexibility index (Phi) is 4.50. The summed E-state index contributed by atoms with van der Waals surface area (Å²) in [6.07, 6.45) is 3.31. The van der Waals surface area contributed by atoms with Gasteiger partial charge in [-0.25, -0.2) is 4.39 Å². The first kappa shape index (κ1) is 15.5. The lowest BCUT2D eigenvalue weighted by atomic mass is 9.80. The van der Waals surface area contributed by atoms with Crippen molar-refractivity contribution in [3.63, 3.8) is 0 Å². The number of nitrogens with zero attached hydrogens (tertiary/aromatic N) is 1. The summed E-state index contributed by atoms with van der Waals surface area (Å²) < 4.78 is 13.0. The zero-order valence-corrected chi connectivity index (χ0v) is 13.0. The Morgan fingerprint density at radius 2 is 1.75 bits per heavy atom. The second kappa shape index (κ2) is 5.82. The van der Waals surface area contributed by atoms with Gasteiger partial charge in [-0.2, -0.15) is 0 Å². The molecule has 0 aliphatic carbocycles. The Labute approximate surface area is 122 Å². The highest BCUT2D eigenvalue weighted by molar-refractivity contribution is 5.19. The molecule has 0 aromatic heterocycles. The molecule has 1 aromatic carbocycles. The van der Waals surface area contributed by atoms with E-state index in [2.05, 4.69) is 25.7 Å². The molecule has 0 saturated carbocycles. The van der Waals surface area contributed by atoms with E-state index in [0.717, 1.165) is 25.1 Å². The molecule has 2 N–H and O–H groups in total. The number of halogens is 1. The van der Waals surface area contributed by atoms with Gasteiger partial charge in [-0.3, -0.25) is 4.90 Å². The fraction of sp³-hybridized carbons (Fsp3) is 0.647. The molecule has 1 aliphatic rings. The molecule has 20 heavy (non-hydrogen) atoms. The van der Waals surface area contributed by atoms with Crippen LogP contribution in [0, 0.1) is 11.2 Å². The van der Waals surface area contributed by atoms with Crippen LogP contribution in [-0.2, 0) is 6.42 Å². The average Bonchev–Trinajstić information content (AvgIpc) is 2.41. The molecule has 0 spiro atoms. The number of benzene rings is 1. The van der Waals surface area contributed by atoms with Crippen LogP contribution >= 0.6 is 0 Å². The topological polar surface area (TPSA) is 29.3 Å². The van der Waals surface area contributed by atoms with E-state index >= 15 is 0 Å². The van der Waals surface area contributed by atoms with Crippen molar-refractivity contribution in [2.24, 2.45) is 11.1 Å². The van der Waals surface area contributed by atoms with E-state index in [9.17, 15) is 4.39 Å². The van der Waals surface area contributed by atoms with Crippen molar-refractivity contribution in [1.29, 1.82) is 0 Å². The van der Waals surface area contributed by atoms with Gasteiger partial charge in [-0.15, -0.1) is 0 Å². The Bertz CT molecular complexity index is 431. The summed E-state index contributed by atoms with van der Waals surface area (Å²) in [4.78, 5) is 2.52. The van der Waals surface area contributed by atoms with Gasteiger partial charge in [0.1, 0.15) is 5.82 Å². The normalized spacial score (nSPS) is 22.4. The first-order valence-corrected chi connectivity index (χ1v) is 7.54. The molecule has 3 heteroatoms. The van der Waals surface area contributed by atoms with Gasteiger partial charge in [0, 0.05) is 12.1 Å². The molecule has 0 amide bonds. The minimum absolute atomic E-state index is 0.0334. The maximum Gasteiger partial charge on any atom is 0.123 e. The number of likely N-dealkylation sites (tertiary alicyclic amines) is 1. The lowest BCUT2D eigenvalue weighted by Crippen LogP contribution is -2.56. The highest BCUT2D eigenvalue weighted by atomic mass is 19.1. The van der Waals surface area contributed by atoms with E-state index in [1.165, 1.54) is 25.0 Å². The number of hydrogen-bond donors (Lipinski definition) is 1. The van der Waals surface area contributed by atoms with Gasteiger partial charge >= 0.3 is 0 Å².